The van der Waals surface area contributed by atoms with Crippen molar-refractivity contribution in [2.45, 2.75) is 18.9 Å². The van der Waals surface area contributed by atoms with Gasteiger partial charge in [-0.05, 0) is 35.9 Å². The van der Waals surface area contributed by atoms with E-state index < -0.39 is 0 Å². The van der Waals surface area contributed by atoms with E-state index in [4.69, 9.17) is 0 Å². The van der Waals surface area contributed by atoms with E-state index in [1.807, 2.05) is 16.8 Å². The number of carbonyl (C=O) groups excluding carboxylic acids is 1. The summed E-state index contributed by atoms with van der Waals surface area (Å²) in [4.78, 5) is 17.1. The summed E-state index contributed by atoms with van der Waals surface area (Å²) in [5.41, 5.74) is 3.69. The Balaban J connectivity index is 0.00000182. The lowest BCUT2D eigenvalue weighted by Gasteiger charge is -2.46. The molecule has 0 aliphatic carbocycles. The Bertz CT molecular complexity index is 706. The standard InChI is InChI=1S/C19H23N3OS.ClH/c23-19(16-7-12-24-14-16)20-8-9-21-10-11-22-17(13-21)6-5-15-3-1-2-4-18(15)22;/h1-4,7,12,14,17H,5-6,8-11,13H2,(H,20,23);1H. The lowest BCUT2D eigenvalue weighted by atomic mass is 9.94. The van der Waals surface area contributed by atoms with Crippen LogP contribution in [-0.2, 0) is 6.42 Å². The largest absolute Gasteiger partial charge is 0.366 e. The number of nitrogens with one attached hydrogen (secondary N) is 1. The van der Waals surface area contributed by atoms with Crippen molar-refractivity contribution in [2.24, 2.45) is 0 Å². The smallest absolute Gasteiger partial charge is 0.252 e. The fraction of sp³-hybridized carbons (Fsp3) is 0.421. The maximum absolute atomic E-state index is 12.0. The number of piperazine rings is 1. The van der Waals surface area contributed by atoms with Crippen LogP contribution in [0.5, 0.6) is 0 Å². The zero-order valence-corrected chi connectivity index (χ0v) is 15.8. The van der Waals surface area contributed by atoms with Crippen LogP contribution in [0.15, 0.2) is 41.1 Å². The molecule has 1 fully saturated rings. The molecule has 2 aliphatic rings. The Hall–Kier alpha value is -1.56. The van der Waals surface area contributed by atoms with E-state index in [0.29, 0.717) is 6.04 Å². The second kappa shape index (κ2) is 8.21. The van der Waals surface area contributed by atoms with Gasteiger partial charge in [0.2, 0.25) is 0 Å². The number of halogens is 1. The van der Waals surface area contributed by atoms with Crippen LogP contribution >= 0.6 is 23.7 Å². The summed E-state index contributed by atoms with van der Waals surface area (Å²) in [5.74, 6) is 0.0430. The van der Waals surface area contributed by atoms with E-state index in [1.165, 1.54) is 24.1 Å². The van der Waals surface area contributed by atoms with Crippen LogP contribution < -0.4 is 10.2 Å². The van der Waals surface area contributed by atoms with Gasteiger partial charge >= 0.3 is 0 Å². The van der Waals surface area contributed by atoms with Gasteiger partial charge in [0.1, 0.15) is 0 Å². The summed E-state index contributed by atoms with van der Waals surface area (Å²) in [7, 11) is 0. The van der Waals surface area contributed by atoms with Crippen molar-refractivity contribution in [1.82, 2.24) is 10.2 Å². The van der Waals surface area contributed by atoms with Crippen molar-refractivity contribution in [1.29, 1.82) is 0 Å². The SMILES string of the molecule is Cl.O=C(NCCN1CCN2c3ccccc3CCC2C1)c1ccsc1. The third kappa shape index (κ3) is 4.00. The first-order chi connectivity index (χ1) is 11.8. The second-order valence-corrected chi connectivity index (χ2v) is 7.36. The van der Waals surface area contributed by atoms with Crippen LogP contribution in [0.3, 0.4) is 0 Å². The Morgan fingerprint density at radius 3 is 2.96 bits per heavy atom. The van der Waals surface area contributed by atoms with Gasteiger partial charge in [-0.1, -0.05) is 18.2 Å². The third-order valence-electron chi connectivity index (χ3n) is 5.11. The van der Waals surface area contributed by atoms with Crippen LogP contribution in [0.1, 0.15) is 22.3 Å². The highest BCUT2D eigenvalue weighted by Gasteiger charge is 2.31. The molecular formula is C19H24ClN3OS. The first kappa shape index (κ1) is 18.2. The molecule has 1 aromatic heterocycles. The predicted octanol–water partition coefficient (Wildman–Crippen LogP) is 3.04. The van der Waals surface area contributed by atoms with Gasteiger partial charge in [0.05, 0.1) is 0 Å². The van der Waals surface area contributed by atoms with Gasteiger partial charge in [0.15, 0.2) is 0 Å². The molecule has 4 rings (SSSR count). The van der Waals surface area contributed by atoms with Crippen molar-refractivity contribution in [3.05, 3.63) is 52.2 Å². The highest BCUT2D eigenvalue weighted by atomic mass is 35.5. The molecule has 3 heterocycles. The maximum Gasteiger partial charge on any atom is 0.252 e. The fourth-order valence-corrected chi connectivity index (χ4v) is 4.47. The number of rotatable bonds is 4. The summed E-state index contributed by atoms with van der Waals surface area (Å²) in [6.45, 7) is 4.90. The fourth-order valence-electron chi connectivity index (χ4n) is 3.83. The van der Waals surface area contributed by atoms with Gasteiger partial charge in [-0.25, -0.2) is 0 Å². The number of fused-ring (bicyclic) bond motifs is 3. The molecule has 0 saturated carbocycles. The van der Waals surface area contributed by atoms with Crippen molar-refractivity contribution < 1.29 is 4.79 Å². The van der Waals surface area contributed by atoms with E-state index in [0.717, 1.165) is 38.3 Å². The number of amides is 1. The van der Waals surface area contributed by atoms with E-state index >= 15 is 0 Å². The number of hydrogen-bond acceptors (Lipinski definition) is 4. The minimum absolute atomic E-state index is 0. The molecule has 0 radical (unpaired) electrons. The van der Waals surface area contributed by atoms with E-state index in [-0.39, 0.29) is 18.3 Å². The van der Waals surface area contributed by atoms with Gasteiger partial charge in [-0.15, -0.1) is 12.4 Å². The Morgan fingerprint density at radius 1 is 1.24 bits per heavy atom. The van der Waals surface area contributed by atoms with Crippen LogP contribution in [0.4, 0.5) is 5.69 Å². The Morgan fingerprint density at radius 2 is 2.12 bits per heavy atom. The number of nitrogens with zero attached hydrogens (tertiary/aromatic N) is 2. The number of aryl methyl sites for hydroxylation is 1. The summed E-state index contributed by atoms with van der Waals surface area (Å²) in [5, 5.41) is 6.87. The quantitative estimate of drug-likeness (QED) is 0.889. The molecule has 6 heteroatoms. The summed E-state index contributed by atoms with van der Waals surface area (Å²) >= 11 is 1.56. The molecule has 25 heavy (non-hydrogen) atoms. The molecule has 4 nitrogen and oxygen atoms in total. The summed E-state index contributed by atoms with van der Waals surface area (Å²) in [6, 6.07) is 11.3. The molecular weight excluding hydrogens is 354 g/mol. The second-order valence-electron chi connectivity index (χ2n) is 6.58. The number of para-hydroxylation sites is 1. The summed E-state index contributed by atoms with van der Waals surface area (Å²) < 4.78 is 0. The Kier molecular flexibility index (Phi) is 5.99. The monoisotopic (exact) mass is 377 g/mol. The van der Waals surface area contributed by atoms with Gasteiger partial charge in [-0.2, -0.15) is 11.3 Å². The molecule has 1 atom stereocenters. The van der Waals surface area contributed by atoms with Crippen molar-refractivity contribution in [2.75, 3.05) is 37.6 Å². The molecule has 0 bridgehead atoms. The number of benzene rings is 1. The van der Waals surface area contributed by atoms with E-state index in [9.17, 15) is 4.79 Å². The van der Waals surface area contributed by atoms with Crippen molar-refractivity contribution in [3.63, 3.8) is 0 Å². The third-order valence-corrected chi connectivity index (χ3v) is 5.79. The van der Waals surface area contributed by atoms with Crippen LogP contribution in [-0.4, -0.2) is 49.6 Å². The highest BCUT2D eigenvalue weighted by molar-refractivity contribution is 7.08. The summed E-state index contributed by atoms with van der Waals surface area (Å²) in [6.07, 6.45) is 2.41. The van der Waals surface area contributed by atoms with Gasteiger partial charge in [-0.3, -0.25) is 9.69 Å². The molecule has 1 saturated heterocycles. The molecule has 2 aliphatic heterocycles. The molecule has 1 N–H and O–H groups in total. The maximum atomic E-state index is 12.0. The van der Waals surface area contributed by atoms with Crippen molar-refractivity contribution >= 4 is 35.3 Å². The zero-order valence-electron chi connectivity index (χ0n) is 14.2. The van der Waals surface area contributed by atoms with Crippen LogP contribution in [0.25, 0.3) is 0 Å². The molecule has 1 amide bonds. The van der Waals surface area contributed by atoms with Gasteiger partial charge in [0, 0.05) is 55.4 Å². The average Bonchev–Trinajstić information content (AvgIpc) is 3.16. The van der Waals surface area contributed by atoms with Crippen LogP contribution in [0.2, 0.25) is 0 Å². The molecule has 0 spiro atoms. The normalized spacial score (nSPS) is 19.5. The number of carbonyl (C=O) groups is 1. The van der Waals surface area contributed by atoms with Crippen molar-refractivity contribution in [3.8, 4) is 0 Å². The molecule has 1 unspecified atom stereocenters. The van der Waals surface area contributed by atoms with Crippen LogP contribution in [0, 0.1) is 0 Å². The molecule has 2 aromatic rings. The average molecular weight is 378 g/mol. The molecule has 1 aromatic carbocycles. The van der Waals surface area contributed by atoms with E-state index in [1.54, 1.807) is 11.3 Å². The number of hydrogen-bond donors (Lipinski definition) is 1. The van der Waals surface area contributed by atoms with Gasteiger partial charge in [0.25, 0.3) is 5.91 Å². The number of thiophene rings is 1. The number of anilines is 1. The zero-order chi connectivity index (χ0) is 16.4. The highest BCUT2D eigenvalue weighted by Crippen LogP contribution is 2.32. The lowest BCUT2D eigenvalue weighted by molar-refractivity contribution is 0.0946. The lowest BCUT2D eigenvalue weighted by Crippen LogP contribution is -2.56. The Labute approximate surface area is 159 Å². The van der Waals surface area contributed by atoms with E-state index in [2.05, 4.69) is 39.4 Å². The predicted molar refractivity (Wildman–Crippen MR) is 106 cm³/mol. The first-order valence-corrected chi connectivity index (χ1v) is 9.63. The van der Waals surface area contributed by atoms with Gasteiger partial charge < -0.3 is 10.2 Å². The topological polar surface area (TPSA) is 35.6 Å². The minimum Gasteiger partial charge on any atom is -0.366 e. The minimum atomic E-state index is 0. The molecule has 134 valence electrons. The first-order valence-electron chi connectivity index (χ1n) is 8.68.